The van der Waals surface area contributed by atoms with E-state index in [1.54, 1.807) is 0 Å². The first-order chi connectivity index (χ1) is 9.67. The molecule has 3 aromatic carbocycles. The summed E-state index contributed by atoms with van der Waals surface area (Å²) in [5.74, 6) is 0. The van der Waals surface area contributed by atoms with Gasteiger partial charge in [-0.1, -0.05) is 24.3 Å². The SMILES string of the molecule is Cc1c2ccccc2c(C)c2cc(C#N)c(C#N)cc12. The Hall–Kier alpha value is -2.84. The number of hydrogen-bond donors (Lipinski definition) is 0. The van der Waals surface area contributed by atoms with Gasteiger partial charge in [0, 0.05) is 0 Å². The van der Waals surface area contributed by atoms with Crippen LogP contribution in [0.1, 0.15) is 22.3 Å². The highest BCUT2D eigenvalue weighted by molar-refractivity contribution is 6.06. The van der Waals surface area contributed by atoms with E-state index in [0.717, 1.165) is 21.9 Å². The van der Waals surface area contributed by atoms with Crippen LogP contribution in [0.3, 0.4) is 0 Å². The molecule has 0 atom stereocenters. The maximum absolute atomic E-state index is 9.18. The van der Waals surface area contributed by atoms with Crippen molar-refractivity contribution >= 4 is 21.5 Å². The highest BCUT2D eigenvalue weighted by Gasteiger charge is 2.11. The van der Waals surface area contributed by atoms with Crippen molar-refractivity contribution in [3.05, 3.63) is 58.7 Å². The van der Waals surface area contributed by atoms with E-state index >= 15 is 0 Å². The normalized spacial score (nSPS) is 10.4. The summed E-state index contributed by atoms with van der Waals surface area (Å²) in [6.45, 7) is 4.13. The van der Waals surface area contributed by atoms with Crippen LogP contribution in [0, 0.1) is 36.5 Å². The molecule has 0 aromatic heterocycles. The number of hydrogen-bond acceptors (Lipinski definition) is 2. The van der Waals surface area contributed by atoms with Crippen LogP contribution < -0.4 is 0 Å². The Morgan fingerprint density at radius 2 is 1.10 bits per heavy atom. The molecule has 2 nitrogen and oxygen atoms in total. The van der Waals surface area contributed by atoms with E-state index < -0.39 is 0 Å². The monoisotopic (exact) mass is 256 g/mol. The molecule has 0 saturated carbocycles. The zero-order valence-corrected chi connectivity index (χ0v) is 11.4. The fourth-order valence-electron chi connectivity index (χ4n) is 2.83. The van der Waals surface area contributed by atoms with Crippen molar-refractivity contribution in [3.8, 4) is 12.1 Å². The van der Waals surface area contributed by atoms with Gasteiger partial charge < -0.3 is 0 Å². The highest BCUT2D eigenvalue weighted by atomic mass is 14.3. The van der Waals surface area contributed by atoms with Gasteiger partial charge in [0.1, 0.15) is 12.1 Å². The van der Waals surface area contributed by atoms with E-state index in [-0.39, 0.29) is 0 Å². The van der Waals surface area contributed by atoms with E-state index in [1.807, 2.05) is 24.3 Å². The highest BCUT2D eigenvalue weighted by Crippen LogP contribution is 2.33. The predicted octanol–water partition coefficient (Wildman–Crippen LogP) is 4.35. The molecule has 0 heterocycles. The van der Waals surface area contributed by atoms with Crippen LogP contribution in [0.25, 0.3) is 21.5 Å². The standard InChI is InChI=1S/C18H12N2/c1-11-15-5-3-4-6-16(15)12(2)18-8-14(10-20)13(9-19)7-17(11)18/h3-8H,1-2H3. The molecule has 0 aliphatic carbocycles. The molecule has 3 aromatic rings. The van der Waals surface area contributed by atoms with E-state index in [0.29, 0.717) is 11.1 Å². The lowest BCUT2D eigenvalue weighted by Crippen LogP contribution is -1.92. The second kappa shape index (κ2) is 4.37. The summed E-state index contributed by atoms with van der Waals surface area (Å²) in [6, 6.07) is 16.1. The predicted molar refractivity (Wildman–Crippen MR) is 80.4 cm³/mol. The van der Waals surface area contributed by atoms with Gasteiger partial charge in [-0.05, 0) is 58.7 Å². The zero-order chi connectivity index (χ0) is 14.3. The van der Waals surface area contributed by atoms with Crippen LogP contribution in [0.4, 0.5) is 0 Å². The summed E-state index contributed by atoms with van der Waals surface area (Å²) in [5, 5.41) is 22.9. The Morgan fingerprint density at radius 1 is 0.700 bits per heavy atom. The second-order valence-corrected chi connectivity index (χ2v) is 4.96. The smallest absolute Gasteiger partial charge is 0.101 e. The third-order valence-corrected chi connectivity index (χ3v) is 3.94. The van der Waals surface area contributed by atoms with Crippen LogP contribution in [0.15, 0.2) is 36.4 Å². The Balaban J connectivity index is 2.61. The molecule has 20 heavy (non-hydrogen) atoms. The van der Waals surface area contributed by atoms with Gasteiger partial charge in [0.2, 0.25) is 0 Å². The van der Waals surface area contributed by atoms with Gasteiger partial charge in [0.05, 0.1) is 11.1 Å². The average molecular weight is 256 g/mol. The molecule has 0 saturated heterocycles. The van der Waals surface area contributed by atoms with Gasteiger partial charge in [-0.2, -0.15) is 10.5 Å². The molecule has 0 radical (unpaired) electrons. The number of fused-ring (bicyclic) bond motifs is 2. The molecule has 2 heteroatoms. The molecule has 0 N–H and O–H groups in total. The minimum atomic E-state index is 0.442. The first-order valence-corrected chi connectivity index (χ1v) is 6.43. The maximum Gasteiger partial charge on any atom is 0.101 e. The number of nitrogens with zero attached hydrogens (tertiary/aromatic N) is 2. The van der Waals surface area contributed by atoms with Crippen LogP contribution >= 0.6 is 0 Å². The Bertz CT molecular complexity index is 860. The Labute approximate surface area is 117 Å². The molecular weight excluding hydrogens is 244 g/mol. The van der Waals surface area contributed by atoms with Crippen LogP contribution in [0.5, 0.6) is 0 Å². The first-order valence-electron chi connectivity index (χ1n) is 6.43. The molecule has 0 fully saturated rings. The van der Waals surface area contributed by atoms with Gasteiger partial charge in [0.15, 0.2) is 0 Å². The van der Waals surface area contributed by atoms with Gasteiger partial charge in [-0.15, -0.1) is 0 Å². The molecule has 0 spiro atoms. The summed E-state index contributed by atoms with van der Waals surface area (Å²) >= 11 is 0. The van der Waals surface area contributed by atoms with Crippen LogP contribution in [-0.2, 0) is 0 Å². The van der Waals surface area contributed by atoms with E-state index in [2.05, 4.69) is 38.1 Å². The van der Waals surface area contributed by atoms with Crippen molar-refractivity contribution in [2.45, 2.75) is 13.8 Å². The fraction of sp³-hybridized carbons (Fsp3) is 0.111. The molecule has 0 aliphatic heterocycles. The van der Waals surface area contributed by atoms with E-state index in [1.165, 1.54) is 10.8 Å². The average Bonchev–Trinajstić information content (AvgIpc) is 2.51. The third-order valence-electron chi connectivity index (χ3n) is 3.94. The molecule has 94 valence electrons. The van der Waals surface area contributed by atoms with Gasteiger partial charge >= 0.3 is 0 Å². The van der Waals surface area contributed by atoms with Crippen LogP contribution in [-0.4, -0.2) is 0 Å². The lowest BCUT2D eigenvalue weighted by molar-refractivity contribution is 1.43. The van der Waals surface area contributed by atoms with Crippen molar-refractivity contribution in [1.29, 1.82) is 10.5 Å². The quantitative estimate of drug-likeness (QED) is 0.561. The van der Waals surface area contributed by atoms with Gasteiger partial charge in [0.25, 0.3) is 0 Å². The lowest BCUT2D eigenvalue weighted by Gasteiger charge is -2.12. The topological polar surface area (TPSA) is 47.6 Å². The Kier molecular flexibility index (Phi) is 2.67. The molecule has 3 rings (SSSR count). The van der Waals surface area contributed by atoms with Crippen molar-refractivity contribution in [1.82, 2.24) is 0 Å². The molecule has 0 amide bonds. The largest absolute Gasteiger partial charge is 0.192 e. The Morgan fingerprint density at radius 3 is 1.45 bits per heavy atom. The van der Waals surface area contributed by atoms with Crippen LogP contribution in [0.2, 0.25) is 0 Å². The van der Waals surface area contributed by atoms with Gasteiger partial charge in [-0.25, -0.2) is 0 Å². The van der Waals surface area contributed by atoms with Crippen molar-refractivity contribution < 1.29 is 0 Å². The summed E-state index contributed by atoms with van der Waals surface area (Å²) in [5.41, 5.74) is 3.19. The fourth-order valence-corrected chi connectivity index (χ4v) is 2.83. The first kappa shape index (κ1) is 12.2. The number of aryl methyl sites for hydroxylation is 2. The van der Waals surface area contributed by atoms with Gasteiger partial charge in [-0.3, -0.25) is 0 Å². The summed E-state index contributed by atoms with van der Waals surface area (Å²) < 4.78 is 0. The van der Waals surface area contributed by atoms with E-state index in [4.69, 9.17) is 0 Å². The van der Waals surface area contributed by atoms with E-state index in [9.17, 15) is 10.5 Å². The maximum atomic E-state index is 9.18. The molecular formula is C18H12N2. The lowest BCUT2D eigenvalue weighted by atomic mass is 9.90. The van der Waals surface area contributed by atoms with Crippen molar-refractivity contribution in [3.63, 3.8) is 0 Å². The molecule has 0 unspecified atom stereocenters. The second-order valence-electron chi connectivity index (χ2n) is 4.96. The minimum Gasteiger partial charge on any atom is -0.192 e. The molecule has 0 bridgehead atoms. The van der Waals surface area contributed by atoms with Crippen molar-refractivity contribution in [2.75, 3.05) is 0 Å². The minimum absolute atomic E-state index is 0.442. The summed E-state index contributed by atoms with van der Waals surface area (Å²) in [4.78, 5) is 0. The van der Waals surface area contributed by atoms with Crippen molar-refractivity contribution in [2.24, 2.45) is 0 Å². The molecule has 0 aliphatic rings. The number of benzene rings is 3. The number of nitriles is 2. The summed E-state index contributed by atoms with van der Waals surface area (Å²) in [6.07, 6.45) is 0. The third kappa shape index (κ3) is 1.56. The summed E-state index contributed by atoms with van der Waals surface area (Å²) in [7, 11) is 0. The number of rotatable bonds is 0. The zero-order valence-electron chi connectivity index (χ0n) is 11.4.